The summed E-state index contributed by atoms with van der Waals surface area (Å²) < 4.78 is 15.9. The molecule has 6 heteroatoms. The van der Waals surface area contributed by atoms with Gasteiger partial charge in [0.05, 0.1) is 5.54 Å². The second kappa shape index (κ2) is 6.24. The third-order valence-corrected chi connectivity index (χ3v) is 3.20. The van der Waals surface area contributed by atoms with Crippen molar-refractivity contribution in [3.63, 3.8) is 0 Å². The second-order valence-electron chi connectivity index (χ2n) is 5.71. The molecule has 20 heavy (non-hydrogen) atoms. The van der Waals surface area contributed by atoms with Crippen LogP contribution in [0.25, 0.3) is 0 Å². The Morgan fingerprint density at radius 1 is 1.25 bits per heavy atom. The molecule has 6 nitrogen and oxygen atoms in total. The van der Waals surface area contributed by atoms with Crippen LogP contribution < -0.4 is 0 Å². The summed E-state index contributed by atoms with van der Waals surface area (Å²) in [5.74, 6) is -0.278. The smallest absolute Gasteiger partial charge is 0.302 e. The normalized spacial score (nSPS) is 17.1. The van der Waals surface area contributed by atoms with Crippen LogP contribution in [0, 0.1) is 5.41 Å². The molecule has 0 amide bonds. The minimum absolute atomic E-state index is 0.0844. The summed E-state index contributed by atoms with van der Waals surface area (Å²) in [7, 11) is 0. The van der Waals surface area contributed by atoms with Gasteiger partial charge in [0.15, 0.2) is 5.90 Å². The van der Waals surface area contributed by atoms with Crippen LogP contribution in [0.2, 0.25) is 0 Å². The monoisotopic (exact) mass is 285 g/mol. The molecule has 1 rings (SSSR count). The van der Waals surface area contributed by atoms with Crippen molar-refractivity contribution >= 4 is 17.8 Å². The van der Waals surface area contributed by atoms with E-state index < -0.39 is 5.41 Å². The molecular formula is C14H23NO5. The first kappa shape index (κ1) is 16.5. The first-order valence-corrected chi connectivity index (χ1v) is 6.71. The maximum Gasteiger partial charge on any atom is 0.302 e. The van der Waals surface area contributed by atoms with Crippen molar-refractivity contribution in [2.24, 2.45) is 10.4 Å². The Hall–Kier alpha value is -1.59. The van der Waals surface area contributed by atoms with Crippen LogP contribution in [0.15, 0.2) is 4.99 Å². The number of aliphatic imine (C=N–C) groups is 1. The lowest BCUT2D eigenvalue weighted by molar-refractivity contribution is -0.148. The molecular weight excluding hydrogens is 262 g/mol. The van der Waals surface area contributed by atoms with Gasteiger partial charge in [0.2, 0.25) is 0 Å². The predicted octanol–water partition coefficient (Wildman–Crippen LogP) is 1.72. The molecule has 0 radical (unpaired) electrons. The van der Waals surface area contributed by atoms with E-state index in [2.05, 4.69) is 4.99 Å². The van der Waals surface area contributed by atoms with Crippen LogP contribution in [-0.2, 0) is 23.8 Å². The number of carbonyl (C=O) groups is 2. The molecule has 0 aromatic carbocycles. The first-order valence-electron chi connectivity index (χ1n) is 6.71. The SMILES string of the molecule is CCC(COC(C)=O)(COC(C)=O)C1=NC(C)(C)CO1. The number of carbonyl (C=O) groups excluding carboxylic acids is 2. The molecule has 1 aliphatic rings. The third-order valence-electron chi connectivity index (χ3n) is 3.20. The van der Waals surface area contributed by atoms with Crippen molar-refractivity contribution in [2.75, 3.05) is 19.8 Å². The Labute approximate surface area is 119 Å². The van der Waals surface area contributed by atoms with E-state index in [1.807, 2.05) is 20.8 Å². The minimum Gasteiger partial charge on any atom is -0.478 e. The summed E-state index contributed by atoms with van der Waals surface area (Å²) in [5.41, 5.74) is -1.03. The van der Waals surface area contributed by atoms with E-state index in [1.165, 1.54) is 13.8 Å². The zero-order chi connectivity index (χ0) is 15.4. The molecule has 0 saturated carbocycles. The maximum absolute atomic E-state index is 11.1. The Morgan fingerprint density at radius 2 is 1.75 bits per heavy atom. The molecule has 0 spiro atoms. The zero-order valence-corrected chi connectivity index (χ0v) is 12.8. The summed E-state index contributed by atoms with van der Waals surface area (Å²) in [6.07, 6.45) is 0.586. The first-order chi connectivity index (χ1) is 9.21. The van der Waals surface area contributed by atoms with Gasteiger partial charge in [-0.2, -0.15) is 0 Å². The highest BCUT2D eigenvalue weighted by atomic mass is 16.6. The van der Waals surface area contributed by atoms with E-state index in [9.17, 15) is 9.59 Å². The molecule has 0 aromatic rings. The molecule has 0 saturated heterocycles. The van der Waals surface area contributed by atoms with Gasteiger partial charge < -0.3 is 14.2 Å². The Morgan fingerprint density at radius 3 is 2.05 bits per heavy atom. The molecule has 0 unspecified atom stereocenters. The minimum atomic E-state index is -0.717. The Balaban J connectivity index is 2.97. The van der Waals surface area contributed by atoms with Crippen molar-refractivity contribution in [1.29, 1.82) is 0 Å². The molecule has 0 N–H and O–H groups in total. The standard InChI is InChI=1S/C14H23NO5/c1-6-14(8-18-10(2)16,9-19-11(3)17)12-15-13(4,5)7-20-12/h6-9H2,1-5H3. The van der Waals surface area contributed by atoms with Crippen molar-refractivity contribution in [3.8, 4) is 0 Å². The number of hydrogen-bond donors (Lipinski definition) is 0. The topological polar surface area (TPSA) is 74.2 Å². The molecule has 0 bridgehead atoms. The van der Waals surface area contributed by atoms with Crippen molar-refractivity contribution in [2.45, 2.75) is 46.6 Å². The molecule has 114 valence electrons. The van der Waals surface area contributed by atoms with Crippen LogP contribution in [0.1, 0.15) is 41.0 Å². The summed E-state index contributed by atoms with van der Waals surface area (Å²) >= 11 is 0. The van der Waals surface area contributed by atoms with E-state index in [-0.39, 0.29) is 30.7 Å². The quantitative estimate of drug-likeness (QED) is 0.695. The largest absolute Gasteiger partial charge is 0.478 e. The van der Waals surface area contributed by atoms with Gasteiger partial charge >= 0.3 is 11.9 Å². The lowest BCUT2D eigenvalue weighted by atomic mass is 9.86. The fraction of sp³-hybridized carbons (Fsp3) is 0.786. The molecule has 0 fully saturated rings. The number of rotatable bonds is 6. The maximum atomic E-state index is 11.1. The highest BCUT2D eigenvalue weighted by molar-refractivity contribution is 5.85. The summed E-state index contributed by atoms with van der Waals surface area (Å²) in [6.45, 7) is 9.15. The van der Waals surface area contributed by atoms with Gasteiger partial charge in [-0.15, -0.1) is 0 Å². The molecule has 1 aliphatic heterocycles. The van der Waals surface area contributed by atoms with E-state index >= 15 is 0 Å². The fourth-order valence-electron chi connectivity index (χ4n) is 1.86. The van der Waals surface area contributed by atoms with Gasteiger partial charge in [-0.25, -0.2) is 4.99 Å². The number of ether oxygens (including phenoxy) is 3. The second-order valence-corrected chi connectivity index (χ2v) is 5.71. The van der Waals surface area contributed by atoms with Gasteiger partial charge in [-0.05, 0) is 20.3 Å². The molecule has 0 aliphatic carbocycles. The zero-order valence-electron chi connectivity index (χ0n) is 12.8. The molecule has 0 atom stereocenters. The highest BCUT2D eigenvalue weighted by Gasteiger charge is 2.43. The highest BCUT2D eigenvalue weighted by Crippen LogP contribution is 2.32. The van der Waals surface area contributed by atoms with Crippen LogP contribution in [0.4, 0.5) is 0 Å². The number of hydrogen-bond acceptors (Lipinski definition) is 6. The Kier molecular flexibility index (Phi) is 5.14. The average molecular weight is 285 g/mol. The van der Waals surface area contributed by atoms with Crippen molar-refractivity contribution in [1.82, 2.24) is 0 Å². The van der Waals surface area contributed by atoms with Crippen LogP contribution in [0.5, 0.6) is 0 Å². The predicted molar refractivity (Wildman–Crippen MR) is 73.5 cm³/mol. The lowest BCUT2D eigenvalue weighted by Gasteiger charge is -2.30. The van der Waals surface area contributed by atoms with Gasteiger partial charge in [0.1, 0.15) is 25.2 Å². The average Bonchev–Trinajstić information content (AvgIpc) is 2.70. The lowest BCUT2D eigenvalue weighted by Crippen LogP contribution is -2.41. The van der Waals surface area contributed by atoms with Gasteiger partial charge in [0, 0.05) is 13.8 Å². The van der Waals surface area contributed by atoms with Gasteiger partial charge in [-0.3, -0.25) is 9.59 Å². The molecule has 1 heterocycles. The van der Waals surface area contributed by atoms with E-state index in [4.69, 9.17) is 14.2 Å². The van der Waals surface area contributed by atoms with E-state index in [0.717, 1.165) is 0 Å². The number of nitrogens with zero attached hydrogens (tertiary/aromatic N) is 1. The molecule has 0 aromatic heterocycles. The summed E-state index contributed by atoms with van der Waals surface area (Å²) in [5, 5.41) is 0. The third kappa shape index (κ3) is 4.21. The Bertz CT molecular complexity index is 396. The van der Waals surface area contributed by atoms with E-state index in [1.54, 1.807) is 0 Å². The van der Waals surface area contributed by atoms with Crippen LogP contribution in [-0.4, -0.2) is 43.2 Å². The van der Waals surface area contributed by atoms with Crippen LogP contribution >= 0.6 is 0 Å². The van der Waals surface area contributed by atoms with E-state index in [0.29, 0.717) is 18.9 Å². The fourth-order valence-corrected chi connectivity index (χ4v) is 1.86. The van der Waals surface area contributed by atoms with Gasteiger partial charge in [-0.1, -0.05) is 6.92 Å². The van der Waals surface area contributed by atoms with Crippen molar-refractivity contribution < 1.29 is 23.8 Å². The van der Waals surface area contributed by atoms with Gasteiger partial charge in [0.25, 0.3) is 0 Å². The van der Waals surface area contributed by atoms with Crippen LogP contribution in [0.3, 0.4) is 0 Å². The number of esters is 2. The summed E-state index contributed by atoms with van der Waals surface area (Å²) in [6, 6.07) is 0. The van der Waals surface area contributed by atoms with Crippen molar-refractivity contribution in [3.05, 3.63) is 0 Å². The summed E-state index contributed by atoms with van der Waals surface area (Å²) in [4.78, 5) is 26.7.